The van der Waals surface area contributed by atoms with Crippen molar-refractivity contribution in [2.45, 2.75) is 89.9 Å². The lowest BCUT2D eigenvalue weighted by molar-refractivity contribution is -0.177. The minimum Gasteiger partial charge on any atom is -0.378 e. The highest BCUT2D eigenvalue weighted by molar-refractivity contribution is 5.96. The maximum Gasteiger partial charge on any atom is 0.154 e. The third kappa shape index (κ3) is 3.92. The van der Waals surface area contributed by atoms with Gasteiger partial charge in [-0.15, -0.1) is 12.4 Å². The lowest BCUT2D eigenvalue weighted by atomic mass is 9.35. The van der Waals surface area contributed by atoms with Gasteiger partial charge >= 0.3 is 0 Å². The number of ketones is 1. The molecule has 2 unspecified atom stereocenters. The first-order valence-electron chi connectivity index (χ1n) is 16.8. The molecule has 2 atom stereocenters. The van der Waals surface area contributed by atoms with Crippen LogP contribution in [0.5, 0.6) is 0 Å². The predicted molar refractivity (Wildman–Crippen MR) is 169 cm³/mol. The average molecular weight is 577 g/mol. The molecule has 10 rings (SSSR count). The van der Waals surface area contributed by atoms with Gasteiger partial charge in [0.05, 0.1) is 10.8 Å². The molecule has 0 aromatic rings. The van der Waals surface area contributed by atoms with Gasteiger partial charge in [0.25, 0.3) is 0 Å². The molecule has 0 aromatic carbocycles. The van der Waals surface area contributed by atoms with E-state index < -0.39 is 0 Å². The van der Waals surface area contributed by atoms with Crippen molar-refractivity contribution in [2.75, 3.05) is 28.2 Å². The zero-order valence-electron chi connectivity index (χ0n) is 26.0. The molecule has 10 aliphatic rings. The Hall–Kier alpha value is -1.48. The van der Waals surface area contributed by atoms with E-state index in [1.54, 1.807) is 0 Å². The van der Waals surface area contributed by atoms with Gasteiger partial charge in [0.15, 0.2) is 5.78 Å². The number of hydrogen-bond donors (Lipinski definition) is 0. The molecule has 8 fully saturated rings. The number of Topliss-reactive ketones (excluding diaryl/α,β-unsaturated/α-hetero) is 1. The Balaban J connectivity index is 0.00000276. The van der Waals surface area contributed by atoms with Crippen LogP contribution < -0.4 is 0 Å². The molecule has 0 spiro atoms. The molecule has 0 saturated heterocycles. The monoisotopic (exact) mass is 576 g/mol. The van der Waals surface area contributed by atoms with E-state index in [1.807, 2.05) is 0 Å². The highest BCUT2D eigenvalue weighted by atomic mass is 35.5. The van der Waals surface area contributed by atoms with Gasteiger partial charge in [0.2, 0.25) is 0 Å². The van der Waals surface area contributed by atoms with Crippen molar-refractivity contribution in [2.24, 2.45) is 57.2 Å². The van der Waals surface area contributed by atoms with E-state index in [-0.39, 0.29) is 34.1 Å². The summed E-state index contributed by atoms with van der Waals surface area (Å²) in [5, 5.41) is 0. The number of carbonyl (C=O) groups is 1. The van der Waals surface area contributed by atoms with Gasteiger partial charge < -0.3 is 9.80 Å². The second-order valence-electron chi connectivity index (χ2n) is 16.8. The third-order valence-corrected chi connectivity index (χ3v) is 14.2. The maximum atomic E-state index is 16.2. The fraction of sp³-hybridized carbons (Fsp3) is 0.757. The number of carbonyl (C=O) groups excluding carboxylic acids is 1. The molecule has 0 radical (unpaired) electrons. The second kappa shape index (κ2) is 9.51. The molecular formula is C37H53ClN2O. The highest BCUT2D eigenvalue weighted by Crippen LogP contribution is 2.73. The molecule has 4 heteroatoms. The number of rotatable bonds is 6. The molecular weight excluding hydrogens is 524 g/mol. The van der Waals surface area contributed by atoms with Gasteiger partial charge in [-0.05, 0) is 148 Å². The lowest BCUT2D eigenvalue weighted by Crippen LogP contribution is -2.64. The Labute approximate surface area is 255 Å². The highest BCUT2D eigenvalue weighted by Gasteiger charge is 2.69. The summed E-state index contributed by atoms with van der Waals surface area (Å²) in [5.74, 6) is 5.73. The number of halogens is 1. The normalized spacial score (nSPS) is 48.5. The standard InChI is InChI=1S/C37H52N2O.ClH/c1-38(2)31-5-9-36(10-6-31,34-19-25-13-26(20-34)15-27(14-25)21-34)33(40)37(11-7-32(8-12-37)39(3)4)35-22-28-16-29(23-35)18-30(17-28)24-35;/h5-9,11,25-30H,10,12-24H2,1-4H3;1H. The maximum absolute atomic E-state index is 16.2. The molecule has 8 saturated carbocycles. The van der Waals surface area contributed by atoms with Crippen LogP contribution in [0, 0.1) is 57.2 Å². The van der Waals surface area contributed by atoms with E-state index in [9.17, 15) is 0 Å². The summed E-state index contributed by atoms with van der Waals surface area (Å²) in [4.78, 5) is 20.7. The van der Waals surface area contributed by atoms with E-state index >= 15 is 4.79 Å². The van der Waals surface area contributed by atoms with Crippen molar-refractivity contribution in [3.05, 3.63) is 47.9 Å². The third-order valence-electron chi connectivity index (χ3n) is 14.2. The van der Waals surface area contributed by atoms with Crippen LogP contribution in [0.1, 0.15) is 89.9 Å². The number of allylic oxidation sites excluding steroid dienone is 6. The van der Waals surface area contributed by atoms with Crippen molar-refractivity contribution in [3.63, 3.8) is 0 Å². The van der Waals surface area contributed by atoms with Crippen molar-refractivity contribution >= 4 is 18.2 Å². The Bertz CT molecular complexity index is 1060. The van der Waals surface area contributed by atoms with Crippen LogP contribution in [0.2, 0.25) is 0 Å². The van der Waals surface area contributed by atoms with Gasteiger partial charge in [-0.3, -0.25) is 4.79 Å². The van der Waals surface area contributed by atoms with Gasteiger partial charge in [-0.2, -0.15) is 0 Å². The van der Waals surface area contributed by atoms with Crippen molar-refractivity contribution in [1.82, 2.24) is 9.80 Å². The molecule has 0 amide bonds. The number of nitrogens with zero attached hydrogens (tertiary/aromatic N) is 2. The van der Waals surface area contributed by atoms with E-state index in [0.717, 1.165) is 48.3 Å². The first-order chi connectivity index (χ1) is 19.1. The first-order valence-corrected chi connectivity index (χ1v) is 16.8. The van der Waals surface area contributed by atoms with Gasteiger partial charge in [-0.1, -0.05) is 24.3 Å². The van der Waals surface area contributed by atoms with Crippen molar-refractivity contribution < 1.29 is 4.79 Å². The summed E-state index contributed by atoms with van der Waals surface area (Å²) in [6, 6.07) is 0. The first kappa shape index (κ1) is 28.3. The van der Waals surface area contributed by atoms with Gasteiger partial charge in [0, 0.05) is 39.6 Å². The summed E-state index contributed by atoms with van der Waals surface area (Å²) < 4.78 is 0. The second-order valence-corrected chi connectivity index (χ2v) is 16.8. The molecule has 0 aliphatic heterocycles. The van der Waals surface area contributed by atoms with E-state index in [4.69, 9.17) is 0 Å². The molecule has 3 nitrogen and oxygen atoms in total. The number of hydrogen-bond acceptors (Lipinski definition) is 3. The molecule has 0 aromatic heterocycles. The minimum atomic E-state index is -0.361. The van der Waals surface area contributed by atoms with Crippen molar-refractivity contribution in [1.29, 1.82) is 0 Å². The zero-order valence-corrected chi connectivity index (χ0v) is 26.9. The Morgan fingerprint density at radius 2 is 0.878 bits per heavy atom. The molecule has 41 heavy (non-hydrogen) atoms. The van der Waals surface area contributed by atoms with Crippen LogP contribution >= 0.6 is 12.4 Å². The number of likely N-dealkylation sites (N-methyl/N-ethyl adjacent to an activating group) is 2. The fourth-order valence-corrected chi connectivity index (χ4v) is 13.2. The molecule has 8 bridgehead atoms. The van der Waals surface area contributed by atoms with E-state index in [1.165, 1.54) is 88.4 Å². The van der Waals surface area contributed by atoms with Gasteiger partial charge in [0.1, 0.15) is 0 Å². The van der Waals surface area contributed by atoms with Crippen molar-refractivity contribution in [3.8, 4) is 0 Å². The smallest absolute Gasteiger partial charge is 0.154 e. The molecule has 10 aliphatic carbocycles. The van der Waals surface area contributed by atoms with Crippen LogP contribution in [-0.4, -0.2) is 43.8 Å². The summed E-state index contributed by atoms with van der Waals surface area (Å²) in [5.41, 5.74) is 2.15. The summed E-state index contributed by atoms with van der Waals surface area (Å²) in [6.07, 6.45) is 32.8. The molecule has 0 N–H and O–H groups in total. The SMILES string of the molecule is CN(C)C1=CCC(C(=O)C2(C34CC5CC(CC(C5)C3)C4)C=CC(N(C)C)=CC2)(C23CC4CC(CC(C4)C2)C3)C=C1.Cl. The fourth-order valence-electron chi connectivity index (χ4n) is 13.2. The molecule has 224 valence electrons. The van der Waals surface area contributed by atoms with E-state index in [2.05, 4.69) is 74.4 Å². The van der Waals surface area contributed by atoms with Crippen LogP contribution in [0.4, 0.5) is 0 Å². The topological polar surface area (TPSA) is 23.6 Å². The Kier molecular flexibility index (Phi) is 6.56. The largest absolute Gasteiger partial charge is 0.378 e. The Morgan fingerprint density at radius 1 is 0.585 bits per heavy atom. The van der Waals surface area contributed by atoms with Crippen LogP contribution in [-0.2, 0) is 4.79 Å². The zero-order chi connectivity index (χ0) is 27.5. The minimum absolute atomic E-state index is 0. The lowest BCUT2D eigenvalue weighted by Gasteiger charge is -2.67. The summed E-state index contributed by atoms with van der Waals surface area (Å²) in [7, 11) is 8.63. The summed E-state index contributed by atoms with van der Waals surface area (Å²) >= 11 is 0. The van der Waals surface area contributed by atoms with E-state index in [0.29, 0.717) is 5.78 Å². The molecule has 0 heterocycles. The average Bonchev–Trinajstić information content (AvgIpc) is 2.91. The van der Waals surface area contributed by atoms with Crippen LogP contribution in [0.25, 0.3) is 0 Å². The predicted octanol–water partition coefficient (Wildman–Crippen LogP) is 8.19. The van der Waals surface area contributed by atoms with Crippen LogP contribution in [0.3, 0.4) is 0 Å². The van der Waals surface area contributed by atoms with Gasteiger partial charge in [-0.25, -0.2) is 0 Å². The summed E-state index contributed by atoms with van der Waals surface area (Å²) in [6.45, 7) is 0. The Morgan fingerprint density at radius 3 is 1.10 bits per heavy atom. The van der Waals surface area contributed by atoms with Crippen LogP contribution in [0.15, 0.2) is 47.9 Å². The quantitative estimate of drug-likeness (QED) is 0.318.